The maximum Gasteiger partial charge on any atom is 0.149 e. The molecule has 0 unspecified atom stereocenters. The lowest BCUT2D eigenvalue weighted by molar-refractivity contribution is 0.497. The molecule has 14 heavy (non-hydrogen) atoms. The van der Waals surface area contributed by atoms with Crippen LogP contribution in [0.25, 0.3) is 5.70 Å². The molecule has 3 heteroatoms. The molecule has 2 aromatic heterocycles. The van der Waals surface area contributed by atoms with Crippen LogP contribution in [-0.4, -0.2) is 0 Å². The highest BCUT2D eigenvalue weighted by Gasteiger charge is 2.01. The van der Waals surface area contributed by atoms with E-state index < -0.39 is 0 Å². The highest BCUT2D eigenvalue weighted by Crippen LogP contribution is 2.10. The molecule has 2 heterocycles. The van der Waals surface area contributed by atoms with E-state index in [1.807, 2.05) is 24.3 Å². The standard InChI is InChI=1S/C11H11NO2/c1-9(11-5-3-7-14-11)12-8-10-4-2-6-13-10/h2-7,12H,1,8H2. The largest absolute Gasteiger partial charge is 0.467 e. The molecule has 0 radical (unpaired) electrons. The van der Waals surface area contributed by atoms with Gasteiger partial charge in [0.15, 0.2) is 0 Å². The highest BCUT2D eigenvalue weighted by atomic mass is 16.3. The van der Waals surface area contributed by atoms with E-state index in [0.29, 0.717) is 6.54 Å². The van der Waals surface area contributed by atoms with Crippen LogP contribution in [0.3, 0.4) is 0 Å². The van der Waals surface area contributed by atoms with Gasteiger partial charge in [-0.15, -0.1) is 0 Å². The third-order valence-electron chi connectivity index (χ3n) is 1.87. The first kappa shape index (κ1) is 8.69. The highest BCUT2D eigenvalue weighted by molar-refractivity contribution is 5.56. The van der Waals surface area contributed by atoms with E-state index in [9.17, 15) is 0 Å². The average molecular weight is 189 g/mol. The van der Waals surface area contributed by atoms with Gasteiger partial charge in [-0.05, 0) is 24.3 Å². The molecule has 0 atom stereocenters. The number of nitrogens with one attached hydrogen (secondary N) is 1. The minimum atomic E-state index is 0.618. The average Bonchev–Trinajstić information content (AvgIpc) is 2.87. The number of furan rings is 2. The lowest BCUT2D eigenvalue weighted by atomic mass is 10.3. The zero-order valence-electron chi connectivity index (χ0n) is 7.69. The first-order chi connectivity index (χ1) is 6.86. The van der Waals surface area contributed by atoms with Crippen LogP contribution in [-0.2, 0) is 6.54 Å². The van der Waals surface area contributed by atoms with E-state index in [4.69, 9.17) is 8.83 Å². The Labute approximate surface area is 82.0 Å². The van der Waals surface area contributed by atoms with Crippen molar-refractivity contribution >= 4 is 5.70 Å². The molecule has 0 aliphatic carbocycles. The van der Waals surface area contributed by atoms with Crippen LogP contribution < -0.4 is 5.32 Å². The van der Waals surface area contributed by atoms with Crippen molar-refractivity contribution in [1.82, 2.24) is 5.32 Å². The summed E-state index contributed by atoms with van der Waals surface area (Å²) in [5.74, 6) is 1.62. The Morgan fingerprint density at radius 3 is 2.64 bits per heavy atom. The van der Waals surface area contributed by atoms with Crippen molar-refractivity contribution in [3.05, 3.63) is 54.9 Å². The molecule has 0 saturated heterocycles. The van der Waals surface area contributed by atoms with Crippen LogP contribution in [0, 0.1) is 0 Å². The molecule has 0 bridgehead atoms. The SMILES string of the molecule is C=C(NCc1ccco1)c1ccco1. The smallest absolute Gasteiger partial charge is 0.149 e. The van der Waals surface area contributed by atoms with E-state index in [1.165, 1.54) is 0 Å². The predicted molar refractivity (Wildman–Crippen MR) is 53.3 cm³/mol. The number of rotatable bonds is 4. The van der Waals surface area contributed by atoms with E-state index in [1.54, 1.807) is 12.5 Å². The molecule has 0 amide bonds. The van der Waals surface area contributed by atoms with Crippen molar-refractivity contribution < 1.29 is 8.83 Å². The third-order valence-corrected chi connectivity index (χ3v) is 1.87. The second kappa shape index (κ2) is 3.87. The molecule has 0 spiro atoms. The lowest BCUT2D eigenvalue weighted by Gasteiger charge is -2.04. The summed E-state index contributed by atoms with van der Waals surface area (Å²) in [6, 6.07) is 7.45. The Morgan fingerprint density at radius 1 is 1.21 bits per heavy atom. The van der Waals surface area contributed by atoms with Gasteiger partial charge in [0, 0.05) is 0 Å². The Hall–Kier alpha value is -1.90. The Bertz CT molecular complexity index is 387. The van der Waals surface area contributed by atoms with Crippen LogP contribution in [0.4, 0.5) is 0 Å². The molecular formula is C11H11NO2. The van der Waals surface area contributed by atoms with Crippen molar-refractivity contribution in [2.75, 3.05) is 0 Å². The molecule has 3 nitrogen and oxygen atoms in total. The molecule has 2 rings (SSSR count). The summed E-state index contributed by atoms with van der Waals surface area (Å²) in [4.78, 5) is 0. The maximum absolute atomic E-state index is 5.17. The van der Waals surface area contributed by atoms with Gasteiger partial charge in [-0.1, -0.05) is 6.58 Å². The van der Waals surface area contributed by atoms with Gasteiger partial charge >= 0.3 is 0 Å². The summed E-state index contributed by atoms with van der Waals surface area (Å²) < 4.78 is 10.3. The minimum absolute atomic E-state index is 0.618. The van der Waals surface area contributed by atoms with Crippen LogP contribution in [0.15, 0.2) is 52.2 Å². The normalized spacial score (nSPS) is 10.0. The van der Waals surface area contributed by atoms with Gasteiger partial charge in [-0.3, -0.25) is 0 Å². The summed E-state index contributed by atoms with van der Waals surface area (Å²) in [5, 5.41) is 3.11. The molecule has 0 aromatic carbocycles. The van der Waals surface area contributed by atoms with Crippen molar-refractivity contribution in [2.24, 2.45) is 0 Å². The summed E-state index contributed by atoms with van der Waals surface area (Å²) in [6.45, 7) is 4.47. The van der Waals surface area contributed by atoms with E-state index >= 15 is 0 Å². The van der Waals surface area contributed by atoms with Crippen LogP contribution in [0.1, 0.15) is 11.5 Å². The molecule has 72 valence electrons. The van der Waals surface area contributed by atoms with E-state index in [-0.39, 0.29) is 0 Å². The molecular weight excluding hydrogens is 178 g/mol. The Morgan fingerprint density at radius 2 is 2.00 bits per heavy atom. The molecule has 0 fully saturated rings. The van der Waals surface area contributed by atoms with Crippen molar-refractivity contribution in [1.29, 1.82) is 0 Å². The quantitative estimate of drug-likeness (QED) is 0.803. The topological polar surface area (TPSA) is 38.3 Å². The van der Waals surface area contributed by atoms with Crippen molar-refractivity contribution in [3.8, 4) is 0 Å². The van der Waals surface area contributed by atoms with Crippen molar-refractivity contribution in [2.45, 2.75) is 6.54 Å². The van der Waals surface area contributed by atoms with Gasteiger partial charge in [-0.25, -0.2) is 0 Å². The first-order valence-corrected chi connectivity index (χ1v) is 4.35. The van der Waals surface area contributed by atoms with Gasteiger partial charge < -0.3 is 14.2 Å². The second-order valence-corrected chi connectivity index (χ2v) is 2.89. The van der Waals surface area contributed by atoms with Gasteiger partial charge in [0.1, 0.15) is 11.5 Å². The summed E-state index contributed by atoms with van der Waals surface area (Å²) in [6.07, 6.45) is 3.27. The summed E-state index contributed by atoms with van der Waals surface area (Å²) in [5.41, 5.74) is 0.756. The van der Waals surface area contributed by atoms with Gasteiger partial charge in [0.25, 0.3) is 0 Å². The van der Waals surface area contributed by atoms with Crippen LogP contribution in [0.2, 0.25) is 0 Å². The first-order valence-electron chi connectivity index (χ1n) is 4.35. The zero-order chi connectivity index (χ0) is 9.80. The fourth-order valence-electron chi connectivity index (χ4n) is 1.14. The Kier molecular flexibility index (Phi) is 2.40. The van der Waals surface area contributed by atoms with Crippen LogP contribution >= 0.6 is 0 Å². The van der Waals surface area contributed by atoms with E-state index in [2.05, 4.69) is 11.9 Å². The monoisotopic (exact) mass is 189 g/mol. The van der Waals surface area contributed by atoms with Gasteiger partial charge in [0.05, 0.1) is 24.8 Å². The molecule has 0 saturated carbocycles. The molecule has 0 aliphatic heterocycles. The Balaban J connectivity index is 1.90. The van der Waals surface area contributed by atoms with Gasteiger partial charge in [-0.2, -0.15) is 0 Å². The molecule has 0 aliphatic rings. The molecule has 1 N–H and O–H groups in total. The number of hydrogen-bond donors (Lipinski definition) is 1. The predicted octanol–water partition coefficient (Wildman–Crippen LogP) is 2.63. The molecule has 2 aromatic rings. The number of hydrogen-bond acceptors (Lipinski definition) is 3. The van der Waals surface area contributed by atoms with Crippen LogP contribution in [0.5, 0.6) is 0 Å². The fourth-order valence-corrected chi connectivity index (χ4v) is 1.14. The third kappa shape index (κ3) is 1.88. The lowest BCUT2D eigenvalue weighted by Crippen LogP contribution is -2.09. The maximum atomic E-state index is 5.17. The minimum Gasteiger partial charge on any atom is -0.467 e. The fraction of sp³-hybridized carbons (Fsp3) is 0.0909. The van der Waals surface area contributed by atoms with Gasteiger partial charge in [0.2, 0.25) is 0 Å². The second-order valence-electron chi connectivity index (χ2n) is 2.89. The van der Waals surface area contributed by atoms with E-state index in [0.717, 1.165) is 17.2 Å². The zero-order valence-corrected chi connectivity index (χ0v) is 7.69. The summed E-state index contributed by atoms with van der Waals surface area (Å²) >= 11 is 0. The van der Waals surface area contributed by atoms with Crippen molar-refractivity contribution in [3.63, 3.8) is 0 Å². The summed E-state index contributed by atoms with van der Waals surface area (Å²) in [7, 11) is 0.